The summed E-state index contributed by atoms with van der Waals surface area (Å²) >= 11 is 0. The number of esters is 1. The van der Waals surface area contributed by atoms with E-state index in [1.54, 1.807) is 24.3 Å². The zero-order valence-electron chi connectivity index (χ0n) is 11.8. The highest BCUT2D eigenvalue weighted by Crippen LogP contribution is 2.17. The molecule has 0 aliphatic carbocycles. The second-order valence-corrected chi connectivity index (χ2v) is 4.54. The highest BCUT2D eigenvalue weighted by atomic mass is 19.1. The number of aromatic carboxylic acids is 1. The summed E-state index contributed by atoms with van der Waals surface area (Å²) in [6.45, 7) is 0.293. The normalized spacial score (nSPS) is 10.1. The second kappa shape index (κ2) is 6.71. The Morgan fingerprint density at radius 1 is 1.14 bits per heavy atom. The van der Waals surface area contributed by atoms with Crippen LogP contribution in [0.4, 0.5) is 10.1 Å². The summed E-state index contributed by atoms with van der Waals surface area (Å²) in [5.41, 5.74) is 1.35. The van der Waals surface area contributed by atoms with Gasteiger partial charge in [0.1, 0.15) is 5.82 Å². The van der Waals surface area contributed by atoms with Gasteiger partial charge < -0.3 is 15.2 Å². The average Bonchev–Trinajstić information content (AvgIpc) is 2.53. The standard InChI is InChI=1S/C16H14FNO4/c1-22-16(21)11-4-2-10(3-5-11)9-18-14-8-12(15(19)20)6-7-13(14)17/h2-8,18H,9H2,1H3,(H,19,20). The molecule has 0 bridgehead atoms. The molecule has 0 saturated carbocycles. The minimum absolute atomic E-state index is 0.00457. The number of benzene rings is 2. The van der Waals surface area contributed by atoms with Gasteiger partial charge in [-0.25, -0.2) is 14.0 Å². The van der Waals surface area contributed by atoms with Crippen LogP contribution in [0.3, 0.4) is 0 Å². The van der Waals surface area contributed by atoms with Gasteiger partial charge in [0.15, 0.2) is 0 Å². The third-order valence-electron chi connectivity index (χ3n) is 3.07. The van der Waals surface area contributed by atoms with Gasteiger partial charge in [-0.2, -0.15) is 0 Å². The van der Waals surface area contributed by atoms with Crippen molar-refractivity contribution in [3.8, 4) is 0 Å². The molecule has 0 aliphatic heterocycles. The molecule has 114 valence electrons. The summed E-state index contributed by atoms with van der Waals surface area (Å²) < 4.78 is 18.2. The predicted molar refractivity (Wildman–Crippen MR) is 78.5 cm³/mol. The molecule has 0 amide bonds. The van der Waals surface area contributed by atoms with Gasteiger partial charge in [0, 0.05) is 6.54 Å². The largest absolute Gasteiger partial charge is 0.478 e. The monoisotopic (exact) mass is 303 g/mol. The van der Waals surface area contributed by atoms with E-state index in [0.717, 1.165) is 11.6 Å². The zero-order valence-corrected chi connectivity index (χ0v) is 11.8. The van der Waals surface area contributed by atoms with Gasteiger partial charge in [-0.1, -0.05) is 12.1 Å². The first-order chi connectivity index (χ1) is 10.5. The molecule has 2 aromatic rings. The van der Waals surface area contributed by atoms with Gasteiger partial charge in [0.25, 0.3) is 0 Å². The van der Waals surface area contributed by atoms with E-state index in [2.05, 4.69) is 10.1 Å². The van der Waals surface area contributed by atoms with Crippen molar-refractivity contribution < 1.29 is 23.8 Å². The SMILES string of the molecule is COC(=O)c1ccc(CNc2cc(C(=O)O)ccc2F)cc1. The maximum absolute atomic E-state index is 13.6. The van der Waals surface area contributed by atoms with Crippen molar-refractivity contribution in [3.63, 3.8) is 0 Å². The average molecular weight is 303 g/mol. The molecule has 0 aliphatic rings. The fourth-order valence-electron chi connectivity index (χ4n) is 1.87. The van der Waals surface area contributed by atoms with Gasteiger partial charge in [-0.3, -0.25) is 0 Å². The first-order valence-electron chi connectivity index (χ1n) is 6.45. The Hall–Kier alpha value is -2.89. The predicted octanol–water partition coefficient (Wildman–Crippen LogP) is 2.92. The molecule has 0 unspecified atom stereocenters. The minimum Gasteiger partial charge on any atom is -0.478 e. The van der Waals surface area contributed by atoms with Crippen LogP contribution in [0.25, 0.3) is 0 Å². The number of halogens is 1. The molecule has 0 radical (unpaired) electrons. The number of hydrogen-bond donors (Lipinski definition) is 2. The van der Waals surface area contributed by atoms with Crippen LogP contribution in [0, 0.1) is 5.82 Å². The van der Waals surface area contributed by atoms with E-state index in [1.165, 1.54) is 19.2 Å². The lowest BCUT2D eigenvalue weighted by atomic mass is 10.1. The Morgan fingerprint density at radius 3 is 2.36 bits per heavy atom. The number of carbonyl (C=O) groups excluding carboxylic acids is 1. The lowest BCUT2D eigenvalue weighted by Crippen LogP contribution is -2.05. The molecule has 0 heterocycles. The van der Waals surface area contributed by atoms with E-state index < -0.39 is 17.8 Å². The number of carbonyl (C=O) groups is 2. The van der Waals surface area contributed by atoms with E-state index in [4.69, 9.17) is 5.11 Å². The van der Waals surface area contributed by atoms with Crippen LogP contribution in [0.5, 0.6) is 0 Å². The lowest BCUT2D eigenvalue weighted by molar-refractivity contribution is 0.0599. The Labute approximate surface area is 126 Å². The van der Waals surface area contributed by atoms with Gasteiger partial charge in [0.2, 0.25) is 0 Å². The quantitative estimate of drug-likeness (QED) is 0.831. The number of anilines is 1. The number of rotatable bonds is 5. The van der Waals surface area contributed by atoms with E-state index in [1.807, 2.05) is 0 Å². The summed E-state index contributed by atoms with van der Waals surface area (Å²) in [6, 6.07) is 10.2. The summed E-state index contributed by atoms with van der Waals surface area (Å²) in [5.74, 6) is -2.08. The molecular weight excluding hydrogens is 289 g/mol. The number of ether oxygens (including phenoxy) is 1. The van der Waals surface area contributed by atoms with Gasteiger partial charge >= 0.3 is 11.9 Å². The number of hydrogen-bond acceptors (Lipinski definition) is 4. The summed E-state index contributed by atoms with van der Waals surface area (Å²) in [7, 11) is 1.30. The van der Waals surface area contributed by atoms with Crippen molar-refractivity contribution >= 4 is 17.6 Å². The van der Waals surface area contributed by atoms with E-state index in [9.17, 15) is 14.0 Å². The minimum atomic E-state index is -1.12. The van der Waals surface area contributed by atoms with Crippen molar-refractivity contribution in [2.45, 2.75) is 6.54 Å². The fourth-order valence-corrected chi connectivity index (χ4v) is 1.87. The van der Waals surface area contributed by atoms with Crippen molar-refractivity contribution in [1.82, 2.24) is 0 Å². The molecule has 0 aromatic heterocycles. The Morgan fingerprint density at radius 2 is 1.77 bits per heavy atom. The number of carboxylic acids is 1. The molecule has 2 aromatic carbocycles. The Kier molecular flexibility index (Phi) is 4.73. The van der Waals surface area contributed by atoms with Crippen LogP contribution in [-0.4, -0.2) is 24.2 Å². The molecule has 6 heteroatoms. The highest BCUT2D eigenvalue weighted by molar-refractivity contribution is 5.89. The fraction of sp³-hybridized carbons (Fsp3) is 0.125. The summed E-state index contributed by atoms with van der Waals surface area (Å²) in [4.78, 5) is 22.2. The molecule has 2 N–H and O–H groups in total. The third kappa shape index (κ3) is 3.60. The molecule has 22 heavy (non-hydrogen) atoms. The van der Waals surface area contributed by atoms with Crippen molar-refractivity contribution in [1.29, 1.82) is 0 Å². The molecule has 0 fully saturated rings. The molecule has 5 nitrogen and oxygen atoms in total. The zero-order chi connectivity index (χ0) is 16.1. The topological polar surface area (TPSA) is 75.6 Å². The molecular formula is C16H14FNO4. The molecule has 0 spiro atoms. The third-order valence-corrected chi connectivity index (χ3v) is 3.07. The summed E-state index contributed by atoms with van der Waals surface area (Å²) in [5, 5.41) is 11.7. The first-order valence-corrected chi connectivity index (χ1v) is 6.45. The van der Waals surface area contributed by atoms with Crippen molar-refractivity contribution in [3.05, 3.63) is 65.0 Å². The number of nitrogens with one attached hydrogen (secondary N) is 1. The van der Waals surface area contributed by atoms with Gasteiger partial charge in [-0.15, -0.1) is 0 Å². The first kappa shape index (κ1) is 15.5. The number of methoxy groups -OCH3 is 1. The Bertz CT molecular complexity index is 698. The smallest absolute Gasteiger partial charge is 0.337 e. The van der Waals surface area contributed by atoms with Crippen LogP contribution < -0.4 is 5.32 Å². The van der Waals surface area contributed by atoms with Crippen LogP contribution in [0.1, 0.15) is 26.3 Å². The molecule has 2 rings (SSSR count). The van der Waals surface area contributed by atoms with Gasteiger partial charge in [-0.05, 0) is 35.9 Å². The highest BCUT2D eigenvalue weighted by Gasteiger charge is 2.09. The second-order valence-electron chi connectivity index (χ2n) is 4.54. The van der Waals surface area contributed by atoms with Crippen LogP contribution in [-0.2, 0) is 11.3 Å². The Balaban J connectivity index is 2.08. The van der Waals surface area contributed by atoms with E-state index in [-0.39, 0.29) is 11.3 Å². The molecule has 0 saturated heterocycles. The lowest BCUT2D eigenvalue weighted by Gasteiger charge is -2.09. The van der Waals surface area contributed by atoms with Crippen molar-refractivity contribution in [2.24, 2.45) is 0 Å². The maximum Gasteiger partial charge on any atom is 0.337 e. The van der Waals surface area contributed by atoms with E-state index >= 15 is 0 Å². The van der Waals surface area contributed by atoms with Crippen LogP contribution in [0.2, 0.25) is 0 Å². The maximum atomic E-state index is 13.6. The summed E-state index contributed by atoms with van der Waals surface area (Å²) in [6.07, 6.45) is 0. The van der Waals surface area contributed by atoms with Crippen molar-refractivity contribution in [2.75, 3.05) is 12.4 Å². The van der Waals surface area contributed by atoms with Gasteiger partial charge in [0.05, 0.1) is 23.9 Å². The van der Waals surface area contributed by atoms with Crippen LogP contribution >= 0.6 is 0 Å². The molecule has 0 atom stereocenters. The van der Waals surface area contributed by atoms with Crippen LogP contribution in [0.15, 0.2) is 42.5 Å². The van der Waals surface area contributed by atoms with E-state index in [0.29, 0.717) is 12.1 Å². The number of carboxylic acid groups (broad SMARTS) is 1.